The fraction of sp³-hybridized carbons (Fsp3) is 0.667. The lowest BCUT2D eigenvalue weighted by molar-refractivity contribution is -0.134. The van der Waals surface area contributed by atoms with Crippen LogP contribution >= 0.6 is 0 Å². The van der Waals surface area contributed by atoms with Gasteiger partial charge >= 0.3 is 12.2 Å². The Kier molecular flexibility index (Phi) is 10.5. The van der Waals surface area contributed by atoms with Gasteiger partial charge in [-0.3, -0.25) is 4.79 Å². The molecule has 10 nitrogen and oxygen atoms in total. The fourth-order valence-corrected chi connectivity index (χ4v) is 3.69. The van der Waals surface area contributed by atoms with Crippen molar-refractivity contribution in [3.05, 3.63) is 23.8 Å². The van der Waals surface area contributed by atoms with Gasteiger partial charge in [0.15, 0.2) is 11.5 Å². The molecular formula is C27H43N3O7. The van der Waals surface area contributed by atoms with Crippen LogP contribution in [0.4, 0.5) is 9.59 Å². The third-order valence-corrected chi connectivity index (χ3v) is 5.55. The molecular weight excluding hydrogens is 478 g/mol. The molecule has 1 aromatic rings. The number of rotatable bonds is 10. The van der Waals surface area contributed by atoms with Crippen LogP contribution < -0.4 is 20.1 Å². The van der Waals surface area contributed by atoms with Crippen molar-refractivity contribution in [1.82, 2.24) is 15.5 Å². The standard InChI is InChI=1S/C27H43N3O7/c1-18(15-19-12-13-21-22(16-19)35-17-34-21)30(8)23(31)20(29-25(33)37-27(5,6)7)11-9-10-14-28-24(32)36-26(2,3)4/h12-13,16,18,20H,9-11,14-15,17H2,1-8H3,(H,28,32)(H,29,33)/t18?,20-/m0/s1. The van der Waals surface area contributed by atoms with Gasteiger partial charge in [-0.25, -0.2) is 9.59 Å². The van der Waals surface area contributed by atoms with Crippen LogP contribution in [0.2, 0.25) is 0 Å². The minimum Gasteiger partial charge on any atom is -0.454 e. The van der Waals surface area contributed by atoms with Gasteiger partial charge in [-0.1, -0.05) is 6.07 Å². The molecule has 0 aliphatic carbocycles. The summed E-state index contributed by atoms with van der Waals surface area (Å²) in [6, 6.07) is 4.84. The third-order valence-electron chi connectivity index (χ3n) is 5.55. The van der Waals surface area contributed by atoms with E-state index in [0.717, 1.165) is 5.56 Å². The van der Waals surface area contributed by atoms with Crippen LogP contribution in [0, 0.1) is 0 Å². The zero-order valence-electron chi connectivity index (χ0n) is 23.4. The number of unbranched alkanes of at least 4 members (excludes halogenated alkanes) is 1. The van der Waals surface area contributed by atoms with Gasteiger partial charge < -0.3 is 34.5 Å². The lowest BCUT2D eigenvalue weighted by Crippen LogP contribution is -2.51. The topological polar surface area (TPSA) is 115 Å². The van der Waals surface area contributed by atoms with Crippen molar-refractivity contribution in [2.24, 2.45) is 0 Å². The molecule has 208 valence electrons. The van der Waals surface area contributed by atoms with Gasteiger partial charge in [-0.15, -0.1) is 0 Å². The number of benzene rings is 1. The molecule has 0 saturated heterocycles. The van der Waals surface area contributed by atoms with E-state index in [1.165, 1.54) is 0 Å². The van der Waals surface area contributed by atoms with E-state index in [1.54, 1.807) is 53.5 Å². The number of nitrogens with zero attached hydrogens (tertiary/aromatic N) is 1. The Morgan fingerprint density at radius 3 is 2.24 bits per heavy atom. The van der Waals surface area contributed by atoms with Crippen LogP contribution in [-0.2, 0) is 20.7 Å². The zero-order chi connectivity index (χ0) is 27.8. The Balaban J connectivity index is 1.96. The molecule has 1 aromatic carbocycles. The maximum atomic E-state index is 13.4. The van der Waals surface area contributed by atoms with E-state index in [0.29, 0.717) is 43.7 Å². The van der Waals surface area contributed by atoms with Gasteiger partial charge in [0.2, 0.25) is 12.7 Å². The van der Waals surface area contributed by atoms with Crippen LogP contribution in [0.25, 0.3) is 0 Å². The second-order valence-corrected chi connectivity index (χ2v) is 11.3. The van der Waals surface area contributed by atoms with Gasteiger partial charge in [0.1, 0.15) is 17.2 Å². The highest BCUT2D eigenvalue weighted by molar-refractivity contribution is 5.85. The Morgan fingerprint density at radius 1 is 0.973 bits per heavy atom. The average Bonchev–Trinajstić information content (AvgIpc) is 3.22. The molecule has 2 rings (SSSR count). The number of amides is 3. The van der Waals surface area contributed by atoms with Gasteiger partial charge in [0.25, 0.3) is 0 Å². The predicted molar refractivity (Wildman–Crippen MR) is 140 cm³/mol. The predicted octanol–water partition coefficient (Wildman–Crippen LogP) is 4.39. The van der Waals surface area contributed by atoms with Gasteiger partial charge in [-0.05, 0) is 91.8 Å². The molecule has 0 fully saturated rings. The molecule has 1 aliphatic rings. The quantitative estimate of drug-likeness (QED) is 0.439. The van der Waals surface area contributed by atoms with E-state index < -0.39 is 29.4 Å². The van der Waals surface area contributed by atoms with Crippen LogP contribution in [0.1, 0.15) is 73.3 Å². The highest BCUT2D eigenvalue weighted by Crippen LogP contribution is 2.33. The molecule has 3 amide bonds. The summed E-state index contributed by atoms with van der Waals surface area (Å²) in [7, 11) is 1.73. The van der Waals surface area contributed by atoms with Crippen LogP contribution in [0.3, 0.4) is 0 Å². The molecule has 0 spiro atoms. The summed E-state index contributed by atoms with van der Waals surface area (Å²) in [5.41, 5.74) is -0.241. The zero-order valence-corrected chi connectivity index (χ0v) is 23.4. The fourth-order valence-electron chi connectivity index (χ4n) is 3.69. The second-order valence-electron chi connectivity index (χ2n) is 11.3. The first-order valence-electron chi connectivity index (χ1n) is 12.8. The molecule has 0 saturated carbocycles. The number of ether oxygens (including phenoxy) is 4. The molecule has 1 aliphatic heterocycles. The monoisotopic (exact) mass is 521 g/mol. The first-order valence-corrected chi connectivity index (χ1v) is 12.8. The molecule has 1 unspecified atom stereocenters. The lowest BCUT2D eigenvalue weighted by atomic mass is 10.0. The van der Waals surface area contributed by atoms with Crippen molar-refractivity contribution < 1.29 is 33.3 Å². The summed E-state index contributed by atoms with van der Waals surface area (Å²) in [4.78, 5) is 39.4. The molecule has 10 heteroatoms. The summed E-state index contributed by atoms with van der Waals surface area (Å²) >= 11 is 0. The first-order chi connectivity index (χ1) is 17.1. The minimum absolute atomic E-state index is 0.135. The molecule has 1 heterocycles. The summed E-state index contributed by atoms with van der Waals surface area (Å²) < 4.78 is 21.4. The van der Waals surface area contributed by atoms with Crippen LogP contribution in [-0.4, -0.2) is 66.7 Å². The summed E-state index contributed by atoms with van der Waals surface area (Å²) in [5, 5.41) is 5.45. The molecule has 0 aromatic heterocycles. The maximum absolute atomic E-state index is 13.4. The molecule has 0 radical (unpaired) electrons. The van der Waals surface area contributed by atoms with Crippen molar-refractivity contribution in [3.8, 4) is 11.5 Å². The number of alkyl carbamates (subject to hydrolysis) is 2. The molecule has 0 bridgehead atoms. The smallest absolute Gasteiger partial charge is 0.408 e. The first kappa shape index (κ1) is 30.1. The number of nitrogens with one attached hydrogen (secondary N) is 2. The number of fused-ring (bicyclic) bond motifs is 1. The van der Waals surface area contributed by atoms with Crippen LogP contribution in [0.15, 0.2) is 18.2 Å². The van der Waals surface area contributed by atoms with E-state index in [4.69, 9.17) is 18.9 Å². The van der Waals surface area contributed by atoms with Crippen molar-refractivity contribution in [2.45, 2.75) is 97.4 Å². The van der Waals surface area contributed by atoms with E-state index >= 15 is 0 Å². The largest absolute Gasteiger partial charge is 0.454 e. The molecule has 37 heavy (non-hydrogen) atoms. The molecule has 2 atom stereocenters. The Morgan fingerprint density at radius 2 is 1.59 bits per heavy atom. The van der Waals surface area contributed by atoms with Gasteiger partial charge in [0.05, 0.1) is 0 Å². The maximum Gasteiger partial charge on any atom is 0.408 e. The number of carbonyl (C=O) groups excluding carboxylic acids is 3. The van der Waals surface area contributed by atoms with E-state index in [2.05, 4.69) is 10.6 Å². The van der Waals surface area contributed by atoms with E-state index in [9.17, 15) is 14.4 Å². The number of hydrogen-bond acceptors (Lipinski definition) is 7. The highest BCUT2D eigenvalue weighted by Gasteiger charge is 2.29. The van der Waals surface area contributed by atoms with Crippen molar-refractivity contribution in [3.63, 3.8) is 0 Å². The minimum atomic E-state index is -0.763. The number of carbonyl (C=O) groups is 3. The summed E-state index contributed by atoms with van der Waals surface area (Å²) in [6.45, 7) is 13.3. The van der Waals surface area contributed by atoms with Crippen molar-refractivity contribution >= 4 is 18.1 Å². The average molecular weight is 522 g/mol. The van der Waals surface area contributed by atoms with Gasteiger partial charge in [0, 0.05) is 19.6 Å². The van der Waals surface area contributed by atoms with E-state index in [1.807, 2.05) is 25.1 Å². The van der Waals surface area contributed by atoms with E-state index in [-0.39, 0.29) is 18.7 Å². The van der Waals surface area contributed by atoms with Crippen molar-refractivity contribution in [1.29, 1.82) is 0 Å². The highest BCUT2D eigenvalue weighted by atomic mass is 16.7. The lowest BCUT2D eigenvalue weighted by Gasteiger charge is -2.30. The molecule has 2 N–H and O–H groups in total. The van der Waals surface area contributed by atoms with Gasteiger partial charge in [-0.2, -0.15) is 0 Å². The Labute approximate surface area is 220 Å². The van der Waals surface area contributed by atoms with Crippen molar-refractivity contribution in [2.75, 3.05) is 20.4 Å². The normalized spacial score (nSPS) is 14.4. The number of hydrogen-bond donors (Lipinski definition) is 2. The summed E-state index contributed by atoms with van der Waals surface area (Å²) in [5.74, 6) is 1.20. The Hall–Kier alpha value is -3.17. The summed E-state index contributed by atoms with van der Waals surface area (Å²) in [6.07, 6.45) is 1.10. The second kappa shape index (κ2) is 12.9. The van der Waals surface area contributed by atoms with Crippen LogP contribution in [0.5, 0.6) is 11.5 Å². The third kappa shape index (κ3) is 10.8. The Bertz CT molecular complexity index is 937. The number of likely N-dealkylation sites (N-methyl/N-ethyl adjacent to an activating group) is 1. The SMILES string of the molecule is CC(Cc1ccc2c(c1)OCO2)N(C)C(=O)[C@H](CCCCNC(=O)OC(C)(C)C)NC(=O)OC(C)(C)C.